The lowest BCUT2D eigenvalue weighted by Crippen LogP contribution is -2.43. The first-order valence-electron chi connectivity index (χ1n) is 8.34. The summed E-state index contributed by atoms with van der Waals surface area (Å²) in [6, 6.07) is 8.96. The first-order valence-corrected chi connectivity index (χ1v) is 8.34. The molecule has 1 N–H and O–H groups in total. The molecule has 0 aromatic heterocycles. The van der Waals surface area contributed by atoms with Crippen LogP contribution < -0.4 is 5.32 Å². The standard InChI is InChI=1S/C18H26N2O/c1-14-4-6-15(7-5-14)18(21)19-16-8-10-17(11-9-16)20-12-2-3-13-20/h4-7,16-17H,2-3,8-13H2,1H3,(H,19,21). The highest BCUT2D eigenvalue weighted by atomic mass is 16.1. The predicted octanol–water partition coefficient (Wildman–Crippen LogP) is 3.13. The Labute approximate surface area is 127 Å². The van der Waals surface area contributed by atoms with Gasteiger partial charge < -0.3 is 10.2 Å². The summed E-state index contributed by atoms with van der Waals surface area (Å²) in [5, 5.41) is 3.21. The van der Waals surface area contributed by atoms with Gasteiger partial charge in [0.1, 0.15) is 0 Å². The van der Waals surface area contributed by atoms with Gasteiger partial charge in [0.05, 0.1) is 0 Å². The number of likely N-dealkylation sites (tertiary alicyclic amines) is 1. The van der Waals surface area contributed by atoms with E-state index in [4.69, 9.17) is 0 Å². The molecule has 1 aromatic carbocycles. The van der Waals surface area contributed by atoms with Gasteiger partial charge in [0.15, 0.2) is 0 Å². The third-order valence-corrected chi connectivity index (χ3v) is 5.00. The fourth-order valence-electron chi connectivity index (χ4n) is 3.67. The van der Waals surface area contributed by atoms with Gasteiger partial charge in [-0.3, -0.25) is 4.79 Å². The zero-order valence-corrected chi connectivity index (χ0v) is 13.0. The second-order valence-electron chi connectivity index (χ2n) is 6.59. The van der Waals surface area contributed by atoms with E-state index in [1.165, 1.54) is 44.3 Å². The molecule has 3 heteroatoms. The molecular weight excluding hydrogens is 260 g/mol. The molecule has 0 atom stereocenters. The second kappa shape index (κ2) is 6.61. The number of carbonyl (C=O) groups is 1. The van der Waals surface area contributed by atoms with Gasteiger partial charge in [-0.2, -0.15) is 0 Å². The molecule has 0 unspecified atom stereocenters. The fraction of sp³-hybridized carbons (Fsp3) is 0.611. The van der Waals surface area contributed by atoms with Crippen LogP contribution in [0.2, 0.25) is 0 Å². The molecule has 0 bridgehead atoms. The zero-order valence-electron chi connectivity index (χ0n) is 13.0. The molecule has 1 heterocycles. The molecule has 1 saturated carbocycles. The number of rotatable bonds is 3. The van der Waals surface area contributed by atoms with Crippen molar-refractivity contribution in [1.29, 1.82) is 0 Å². The Bertz CT molecular complexity index is 468. The van der Waals surface area contributed by atoms with Crippen LogP contribution in [-0.2, 0) is 0 Å². The van der Waals surface area contributed by atoms with E-state index in [0.717, 1.165) is 24.4 Å². The summed E-state index contributed by atoms with van der Waals surface area (Å²) in [6.45, 7) is 4.61. The van der Waals surface area contributed by atoms with Gasteiger partial charge in [0.2, 0.25) is 0 Å². The monoisotopic (exact) mass is 286 g/mol. The molecule has 1 saturated heterocycles. The maximum atomic E-state index is 12.2. The van der Waals surface area contributed by atoms with Crippen molar-refractivity contribution in [2.45, 2.75) is 57.5 Å². The third-order valence-electron chi connectivity index (χ3n) is 5.00. The maximum absolute atomic E-state index is 12.2. The van der Waals surface area contributed by atoms with Gasteiger partial charge in [-0.05, 0) is 70.7 Å². The molecule has 1 aliphatic heterocycles. The van der Waals surface area contributed by atoms with E-state index in [2.05, 4.69) is 10.2 Å². The van der Waals surface area contributed by atoms with Crippen LogP contribution in [0.5, 0.6) is 0 Å². The van der Waals surface area contributed by atoms with Gasteiger partial charge in [-0.25, -0.2) is 0 Å². The van der Waals surface area contributed by atoms with Crippen LogP contribution in [0, 0.1) is 6.92 Å². The number of benzene rings is 1. The number of nitrogens with zero attached hydrogens (tertiary/aromatic N) is 1. The smallest absolute Gasteiger partial charge is 0.251 e. The number of nitrogens with one attached hydrogen (secondary N) is 1. The lowest BCUT2D eigenvalue weighted by atomic mass is 9.90. The van der Waals surface area contributed by atoms with E-state index in [1.807, 2.05) is 31.2 Å². The molecule has 3 rings (SSSR count). The van der Waals surface area contributed by atoms with Crippen LogP contribution in [-0.4, -0.2) is 36.0 Å². The quantitative estimate of drug-likeness (QED) is 0.926. The Morgan fingerprint density at radius 1 is 1.05 bits per heavy atom. The average molecular weight is 286 g/mol. The minimum absolute atomic E-state index is 0.0830. The highest BCUT2D eigenvalue weighted by Crippen LogP contribution is 2.26. The topological polar surface area (TPSA) is 32.3 Å². The molecular formula is C18H26N2O. The van der Waals surface area contributed by atoms with E-state index in [0.29, 0.717) is 6.04 Å². The van der Waals surface area contributed by atoms with Crippen molar-refractivity contribution in [3.8, 4) is 0 Å². The average Bonchev–Trinajstić information content (AvgIpc) is 3.03. The summed E-state index contributed by atoms with van der Waals surface area (Å²) in [5.41, 5.74) is 1.97. The largest absolute Gasteiger partial charge is 0.349 e. The molecule has 21 heavy (non-hydrogen) atoms. The molecule has 1 amide bonds. The van der Waals surface area contributed by atoms with Crippen LogP contribution in [0.15, 0.2) is 24.3 Å². The van der Waals surface area contributed by atoms with E-state index in [1.54, 1.807) is 0 Å². The third kappa shape index (κ3) is 3.65. The van der Waals surface area contributed by atoms with E-state index < -0.39 is 0 Å². The van der Waals surface area contributed by atoms with E-state index in [-0.39, 0.29) is 5.91 Å². The molecule has 1 aliphatic carbocycles. The Morgan fingerprint density at radius 2 is 1.67 bits per heavy atom. The van der Waals surface area contributed by atoms with Crippen molar-refractivity contribution < 1.29 is 4.79 Å². The van der Waals surface area contributed by atoms with Crippen LogP contribution in [0.4, 0.5) is 0 Å². The summed E-state index contributed by atoms with van der Waals surface area (Å²) >= 11 is 0. The van der Waals surface area contributed by atoms with Crippen molar-refractivity contribution in [3.63, 3.8) is 0 Å². The summed E-state index contributed by atoms with van der Waals surface area (Å²) in [5.74, 6) is 0.0830. The van der Waals surface area contributed by atoms with Crippen molar-refractivity contribution in [2.75, 3.05) is 13.1 Å². The highest BCUT2D eigenvalue weighted by Gasteiger charge is 2.28. The van der Waals surface area contributed by atoms with Gasteiger partial charge in [-0.15, -0.1) is 0 Å². The van der Waals surface area contributed by atoms with Crippen molar-refractivity contribution >= 4 is 5.91 Å². The number of hydrogen-bond donors (Lipinski definition) is 1. The SMILES string of the molecule is Cc1ccc(C(=O)NC2CCC(N3CCCC3)CC2)cc1. The van der Waals surface area contributed by atoms with Crippen molar-refractivity contribution in [2.24, 2.45) is 0 Å². The zero-order chi connectivity index (χ0) is 14.7. The van der Waals surface area contributed by atoms with Crippen LogP contribution in [0.3, 0.4) is 0 Å². The molecule has 1 aromatic rings. The Hall–Kier alpha value is -1.35. The first-order chi connectivity index (χ1) is 10.2. The lowest BCUT2D eigenvalue weighted by Gasteiger charge is -2.34. The van der Waals surface area contributed by atoms with Gasteiger partial charge in [0, 0.05) is 17.6 Å². The van der Waals surface area contributed by atoms with E-state index >= 15 is 0 Å². The summed E-state index contributed by atoms with van der Waals surface area (Å²) in [4.78, 5) is 14.9. The van der Waals surface area contributed by atoms with Crippen LogP contribution >= 0.6 is 0 Å². The maximum Gasteiger partial charge on any atom is 0.251 e. The minimum Gasteiger partial charge on any atom is -0.349 e. The number of hydrogen-bond acceptors (Lipinski definition) is 2. The minimum atomic E-state index is 0.0830. The lowest BCUT2D eigenvalue weighted by molar-refractivity contribution is 0.0911. The number of amides is 1. The summed E-state index contributed by atoms with van der Waals surface area (Å²) < 4.78 is 0. The molecule has 0 radical (unpaired) electrons. The van der Waals surface area contributed by atoms with E-state index in [9.17, 15) is 4.79 Å². The van der Waals surface area contributed by atoms with Crippen molar-refractivity contribution in [1.82, 2.24) is 10.2 Å². The normalized spacial score (nSPS) is 26.7. The Balaban J connectivity index is 1.48. The van der Waals surface area contributed by atoms with Gasteiger partial charge in [-0.1, -0.05) is 17.7 Å². The highest BCUT2D eigenvalue weighted by molar-refractivity contribution is 5.94. The van der Waals surface area contributed by atoms with Crippen LogP contribution in [0.25, 0.3) is 0 Å². The molecule has 2 aliphatic rings. The predicted molar refractivity (Wildman–Crippen MR) is 85.5 cm³/mol. The number of carbonyl (C=O) groups excluding carboxylic acids is 1. The Morgan fingerprint density at radius 3 is 2.29 bits per heavy atom. The van der Waals surface area contributed by atoms with Crippen molar-refractivity contribution in [3.05, 3.63) is 35.4 Å². The summed E-state index contributed by atoms with van der Waals surface area (Å²) in [6.07, 6.45) is 7.45. The second-order valence-corrected chi connectivity index (χ2v) is 6.59. The fourth-order valence-corrected chi connectivity index (χ4v) is 3.67. The molecule has 3 nitrogen and oxygen atoms in total. The Kier molecular flexibility index (Phi) is 4.59. The number of aryl methyl sites for hydroxylation is 1. The molecule has 2 fully saturated rings. The van der Waals surface area contributed by atoms with Gasteiger partial charge >= 0.3 is 0 Å². The first kappa shape index (κ1) is 14.6. The molecule has 0 spiro atoms. The summed E-state index contributed by atoms with van der Waals surface area (Å²) in [7, 11) is 0. The van der Waals surface area contributed by atoms with Crippen LogP contribution in [0.1, 0.15) is 54.4 Å². The molecule has 114 valence electrons. The van der Waals surface area contributed by atoms with Gasteiger partial charge in [0.25, 0.3) is 5.91 Å².